The standard InChI is InChI=1S/C21H24N2O2/c1-22(2)20(24)18-9-6-10-19(15-18)21(25)23-13-11-17(12-14-23)16-7-4-3-5-8-16/h3-10,15,17H,11-14H2,1-2H3. The van der Waals surface area contributed by atoms with Gasteiger partial charge in [-0.1, -0.05) is 36.4 Å². The molecule has 0 saturated carbocycles. The molecular formula is C21H24N2O2. The molecule has 2 amide bonds. The molecule has 2 aromatic carbocycles. The van der Waals surface area contributed by atoms with Crippen molar-refractivity contribution in [3.63, 3.8) is 0 Å². The van der Waals surface area contributed by atoms with Crippen LogP contribution in [0.1, 0.15) is 45.0 Å². The Morgan fingerprint density at radius 2 is 1.56 bits per heavy atom. The number of carbonyl (C=O) groups excluding carboxylic acids is 2. The normalized spacial score (nSPS) is 15.0. The molecule has 0 aromatic heterocycles. The van der Waals surface area contributed by atoms with Gasteiger partial charge in [-0.15, -0.1) is 0 Å². The smallest absolute Gasteiger partial charge is 0.253 e. The second kappa shape index (κ2) is 7.51. The highest BCUT2D eigenvalue weighted by atomic mass is 16.2. The number of carbonyl (C=O) groups is 2. The molecule has 0 atom stereocenters. The van der Waals surface area contributed by atoms with Crippen molar-refractivity contribution >= 4 is 11.8 Å². The molecule has 3 rings (SSSR count). The van der Waals surface area contributed by atoms with Gasteiger partial charge in [-0.25, -0.2) is 0 Å². The molecule has 1 saturated heterocycles. The number of hydrogen-bond acceptors (Lipinski definition) is 2. The fourth-order valence-corrected chi connectivity index (χ4v) is 3.37. The predicted octanol–water partition coefficient (Wildman–Crippen LogP) is 3.41. The molecule has 25 heavy (non-hydrogen) atoms. The number of benzene rings is 2. The zero-order valence-electron chi connectivity index (χ0n) is 14.8. The first-order valence-corrected chi connectivity index (χ1v) is 8.72. The summed E-state index contributed by atoms with van der Waals surface area (Å²) in [5.41, 5.74) is 2.49. The molecular weight excluding hydrogens is 312 g/mol. The van der Waals surface area contributed by atoms with Crippen LogP contribution in [0.3, 0.4) is 0 Å². The van der Waals surface area contributed by atoms with Crippen molar-refractivity contribution in [2.24, 2.45) is 0 Å². The lowest BCUT2D eigenvalue weighted by Gasteiger charge is -2.32. The second-order valence-corrected chi connectivity index (χ2v) is 6.76. The molecule has 4 heteroatoms. The summed E-state index contributed by atoms with van der Waals surface area (Å²) in [4.78, 5) is 28.3. The third-order valence-corrected chi connectivity index (χ3v) is 4.82. The van der Waals surface area contributed by atoms with Crippen molar-refractivity contribution in [1.82, 2.24) is 9.80 Å². The summed E-state index contributed by atoms with van der Waals surface area (Å²) in [5.74, 6) is 0.448. The van der Waals surface area contributed by atoms with Crippen molar-refractivity contribution in [3.8, 4) is 0 Å². The number of rotatable bonds is 3. The number of hydrogen-bond donors (Lipinski definition) is 0. The molecule has 1 aliphatic heterocycles. The number of amides is 2. The summed E-state index contributed by atoms with van der Waals surface area (Å²) >= 11 is 0. The van der Waals surface area contributed by atoms with Crippen LogP contribution in [0.4, 0.5) is 0 Å². The van der Waals surface area contributed by atoms with Gasteiger partial charge in [0.2, 0.25) is 0 Å². The zero-order valence-corrected chi connectivity index (χ0v) is 14.8. The van der Waals surface area contributed by atoms with E-state index in [1.165, 1.54) is 10.5 Å². The lowest BCUT2D eigenvalue weighted by Crippen LogP contribution is -2.38. The molecule has 0 bridgehead atoms. The average molecular weight is 336 g/mol. The van der Waals surface area contributed by atoms with Gasteiger partial charge in [0.25, 0.3) is 11.8 Å². The lowest BCUT2D eigenvalue weighted by molar-refractivity contribution is 0.0713. The van der Waals surface area contributed by atoms with Gasteiger partial charge < -0.3 is 9.80 Å². The highest BCUT2D eigenvalue weighted by molar-refractivity contribution is 5.99. The molecule has 0 spiro atoms. The molecule has 0 unspecified atom stereocenters. The maximum absolute atomic E-state index is 12.8. The highest BCUT2D eigenvalue weighted by Crippen LogP contribution is 2.28. The molecule has 4 nitrogen and oxygen atoms in total. The van der Waals surface area contributed by atoms with Crippen LogP contribution in [-0.4, -0.2) is 48.8 Å². The Labute approximate surface area is 149 Å². The van der Waals surface area contributed by atoms with Gasteiger partial charge in [-0.2, -0.15) is 0 Å². The van der Waals surface area contributed by atoms with Crippen LogP contribution in [0.15, 0.2) is 54.6 Å². The summed E-state index contributed by atoms with van der Waals surface area (Å²) in [6.45, 7) is 1.51. The monoisotopic (exact) mass is 336 g/mol. The molecule has 1 fully saturated rings. The Bertz CT molecular complexity index is 748. The van der Waals surface area contributed by atoms with Crippen LogP contribution in [0, 0.1) is 0 Å². The van der Waals surface area contributed by atoms with Gasteiger partial charge in [-0.05, 0) is 42.5 Å². The van der Waals surface area contributed by atoms with Crippen molar-refractivity contribution in [2.75, 3.05) is 27.2 Å². The summed E-state index contributed by atoms with van der Waals surface area (Å²) in [6.07, 6.45) is 1.96. The lowest BCUT2D eigenvalue weighted by atomic mass is 9.89. The van der Waals surface area contributed by atoms with Crippen LogP contribution >= 0.6 is 0 Å². The largest absolute Gasteiger partial charge is 0.345 e. The van der Waals surface area contributed by atoms with Crippen molar-refractivity contribution in [2.45, 2.75) is 18.8 Å². The average Bonchev–Trinajstić information content (AvgIpc) is 2.67. The van der Waals surface area contributed by atoms with Gasteiger partial charge in [-0.3, -0.25) is 9.59 Å². The molecule has 130 valence electrons. The Morgan fingerprint density at radius 1 is 0.920 bits per heavy atom. The second-order valence-electron chi connectivity index (χ2n) is 6.76. The summed E-state index contributed by atoms with van der Waals surface area (Å²) < 4.78 is 0. The first-order valence-electron chi connectivity index (χ1n) is 8.72. The Hall–Kier alpha value is -2.62. The van der Waals surface area contributed by atoms with E-state index in [0.717, 1.165) is 25.9 Å². The van der Waals surface area contributed by atoms with E-state index in [9.17, 15) is 9.59 Å². The number of piperidine rings is 1. The van der Waals surface area contributed by atoms with E-state index < -0.39 is 0 Å². The van der Waals surface area contributed by atoms with E-state index in [2.05, 4.69) is 24.3 Å². The van der Waals surface area contributed by atoms with E-state index >= 15 is 0 Å². The third-order valence-electron chi connectivity index (χ3n) is 4.82. The van der Waals surface area contributed by atoms with Gasteiger partial charge in [0.05, 0.1) is 0 Å². The molecule has 2 aromatic rings. The van der Waals surface area contributed by atoms with Crippen LogP contribution in [0.2, 0.25) is 0 Å². The van der Waals surface area contributed by atoms with Gasteiger partial charge in [0.1, 0.15) is 0 Å². The minimum Gasteiger partial charge on any atom is -0.345 e. The quantitative estimate of drug-likeness (QED) is 0.862. The Morgan fingerprint density at radius 3 is 2.20 bits per heavy atom. The van der Waals surface area contributed by atoms with Crippen LogP contribution in [0.25, 0.3) is 0 Å². The van der Waals surface area contributed by atoms with Crippen LogP contribution < -0.4 is 0 Å². The van der Waals surface area contributed by atoms with E-state index in [0.29, 0.717) is 17.0 Å². The fraction of sp³-hybridized carbons (Fsp3) is 0.333. The molecule has 1 aliphatic rings. The first kappa shape index (κ1) is 17.2. The van der Waals surface area contributed by atoms with Crippen molar-refractivity contribution in [1.29, 1.82) is 0 Å². The summed E-state index contributed by atoms with van der Waals surface area (Å²) in [5, 5.41) is 0. The van der Waals surface area contributed by atoms with Gasteiger partial charge in [0, 0.05) is 38.3 Å². The first-order chi connectivity index (χ1) is 12.1. The number of nitrogens with zero attached hydrogens (tertiary/aromatic N) is 2. The zero-order chi connectivity index (χ0) is 17.8. The molecule has 1 heterocycles. The maximum atomic E-state index is 12.8. The topological polar surface area (TPSA) is 40.6 Å². The minimum atomic E-state index is -0.0857. The molecule has 0 aliphatic carbocycles. The number of likely N-dealkylation sites (tertiary alicyclic amines) is 1. The van der Waals surface area contributed by atoms with E-state index in [1.54, 1.807) is 38.4 Å². The summed E-state index contributed by atoms with van der Waals surface area (Å²) in [7, 11) is 3.43. The van der Waals surface area contributed by atoms with E-state index in [4.69, 9.17) is 0 Å². The molecule has 0 radical (unpaired) electrons. The maximum Gasteiger partial charge on any atom is 0.253 e. The Balaban J connectivity index is 1.67. The third kappa shape index (κ3) is 3.90. The fourth-order valence-electron chi connectivity index (χ4n) is 3.37. The SMILES string of the molecule is CN(C)C(=O)c1cccc(C(=O)N2CCC(c3ccccc3)CC2)c1. The van der Waals surface area contributed by atoms with Crippen LogP contribution in [-0.2, 0) is 0 Å². The van der Waals surface area contributed by atoms with E-state index in [-0.39, 0.29) is 11.8 Å². The van der Waals surface area contributed by atoms with Crippen LogP contribution in [0.5, 0.6) is 0 Å². The van der Waals surface area contributed by atoms with Gasteiger partial charge >= 0.3 is 0 Å². The van der Waals surface area contributed by atoms with Gasteiger partial charge in [0.15, 0.2) is 0 Å². The molecule has 0 N–H and O–H groups in total. The van der Waals surface area contributed by atoms with Crippen molar-refractivity contribution < 1.29 is 9.59 Å². The van der Waals surface area contributed by atoms with E-state index in [1.807, 2.05) is 11.0 Å². The van der Waals surface area contributed by atoms with Crippen molar-refractivity contribution in [3.05, 3.63) is 71.3 Å². The minimum absolute atomic E-state index is 0.0138. The summed E-state index contributed by atoms with van der Waals surface area (Å²) in [6, 6.07) is 17.5. The predicted molar refractivity (Wildman–Crippen MR) is 98.8 cm³/mol. The highest BCUT2D eigenvalue weighted by Gasteiger charge is 2.25. The Kier molecular flexibility index (Phi) is 5.17.